The molecular weight excluding hydrogens is 248 g/mol. The first-order chi connectivity index (χ1) is 8.70. The Hall–Kier alpha value is -2.01. The summed E-state index contributed by atoms with van der Waals surface area (Å²) in [4.78, 5) is 27.6. The normalized spacial score (nSPS) is 10.1. The molecule has 2 rings (SSSR count). The number of aldehydes is 1. The largest absolute Gasteiger partial charge is 0.310 e. The highest BCUT2D eigenvalue weighted by atomic mass is 32.1. The number of rotatable bonds is 4. The zero-order valence-electron chi connectivity index (χ0n) is 9.84. The standard InChI is InChI=1S/C13H12N2O2S/c1-9-4-6-18-11(9)7-12(17)15-13-10(8-16)3-2-5-14-13/h2-6,8H,7H2,1H3,(H,14,15,17). The van der Waals surface area contributed by atoms with Crippen LogP contribution >= 0.6 is 11.3 Å². The summed E-state index contributed by atoms with van der Waals surface area (Å²) in [6, 6.07) is 5.25. The third kappa shape index (κ3) is 2.81. The van der Waals surface area contributed by atoms with E-state index in [2.05, 4.69) is 10.3 Å². The highest BCUT2D eigenvalue weighted by Gasteiger charge is 2.10. The molecule has 0 radical (unpaired) electrons. The van der Waals surface area contributed by atoms with Crippen molar-refractivity contribution < 1.29 is 9.59 Å². The Morgan fingerprint density at radius 1 is 1.50 bits per heavy atom. The average Bonchev–Trinajstić information content (AvgIpc) is 2.75. The molecule has 0 saturated heterocycles. The van der Waals surface area contributed by atoms with E-state index in [1.807, 2.05) is 18.4 Å². The first-order valence-corrected chi connectivity index (χ1v) is 6.31. The lowest BCUT2D eigenvalue weighted by atomic mass is 10.2. The number of aromatic nitrogens is 1. The van der Waals surface area contributed by atoms with Gasteiger partial charge < -0.3 is 5.32 Å². The second-order valence-corrected chi connectivity index (χ2v) is 4.81. The molecule has 1 N–H and O–H groups in total. The van der Waals surface area contributed by atoms with Gasteiger partial charge in [-0.05, 0) is 36.1 Å². The average molecular weight is 260 g/mol. The van der Waals surface area contributed by atoms with Gasteiger partial charge in [0.2, 0.25) is 5.91 Å². The maximum Gasteiger partial charge on any atom is 0.230 e. The summed E-state index contributed by atoms with van der Waals surface area (Å²) in [6.45, 7) is 1.97. The Balaban J connectivity index is 2.08. The van der Waals surface area contributed by atoms with Gasteiger partial charge in [0, 0.05) is 11.1 Å². The van der Waals surface area contributed by atoms with Gasteiger partial charge in [-0.2, -0.15) is 0 Å². The molecule has 0 unspecified atom stereocenters. The summed E-state index contributed by atoms with van der Waals surface area (Å²) in [6.07, 6.45) is 2.52. The number of carbonyl (C=O) groups excluding carboxylic acids is 2. The molecule has 2 aromatic rings. The number of nitrogens with one attached hydrogen (secondary N) is 1. The molecule has 0 aliphatic heterocycles. The highest BCUT2D eigenvalue weighted by molar-refractivity contribution is 7.10. The molecule has 0 atom stereocenters. The number of thiophene rings is 1. The van der Waals surface area contributed by atoms with Gasteiger partial charge in [0.1, 0.15) is 5.82 Å². The van der Waals surface area contributed by atoms with E-state index in [4.69, 9.17) is 0 Å². The van der Waals surface area contributed by atoms with Crippen LogP contribution in [0, 0.1) is 6.92 Å². The molecule has 4 nitrogen and oxygen atoms in total. The lowest BCUT2D eigenvalue weighted by Gasteiger charge is -2.05. The number of pyridine rings is 1. The van der Waals surface area contributed by atoms with Gasteiger partial charge >= 0.3 is 0 Å². The van der Waals surface area contributed by atoms with Crippen LogP contribution in [-0.4, -0.2) is 17.2 Å². The van der Waals surface area contributed by atoms with Crippen molar-refractivity contribution in [2.75, 3.05) is 5.32 Å². The Morgan fingerprint density at radius 3 is 3.00 bits per heavy atom. The summed E-state index contributed by atoms with van der Waals surface area (Å²) in [5.41, 5.74) is 1.49. The van der Waals surface area contributed by atoms with Crippen LogP contribution in [0.1, 0.15) is 20.8 Å². The molecule has 92 valence electrons. The van der Waals surface area contributed by atoms with Gasteiger partial charge in [0.25, 0.3) is 0 Å². The van der Waals surface area contributed by atoms with Crippen LogP contribution in [0.4, 0.5) is 5.82 Å². The fourth-order valence-electron chi connectivity index (χ4n) is 1.52. The molecule has 0 spiro atoms. The van der Waals surface area contributed by atoms with Crippen molar-refractivity contribution in [3.63, 3.8) is 0 Å². The topological polar surface area (TPSA) is 59.1 Å². The molecule has 0 bridgehead atoms. The van der Waals surface area contributed by atoms with Gasteiger partial charge in [-0.3, -0.25) is 9.59 Å². The first kappa shape index (κ1) is 12.4. The molecule has 2 heterocycles. The van der Waals surface area contributed by atoms with Crippen molar-refractivity contribution in [1.82, 2.24) is 4.98 Å². The van der Waals surface area contributed by atoms with Crippen LogP contribution < -0.4 is 5.32 Å². The molecule has 0 fully saturated rings. The van der Waals surface area contributed by atoms with Crippen molar-refractivity contribution in [2.24, 2.45) is 0 Å². The molecule has 0 aliphatic rings. The summed E-state index contributed by atoms with van der Waals surface area (Å²) in [5, 5.41) is 4.61. The lowest BCUT2D eigenvalue weighted by Crippen LogP contribution is -2.16. The summed E-state index contributed by atoms with van der Waals surface area (Å²) < 4.78 is 0. The number of aryl methyl sites for hydroxylation is 1. The Bertz CT molecular complexity index is 578. The quantitative estimate of drug-likeness (QED) is 0.859. The SMILES string of the molecule is Cc1ccsc1CC(=O)Nc1ncccc1C=O. The third-order valence-electron chi connectivity index (χ3n) is 2.51. The molecular formula is C13H12N2O2S. The van der Waals surface area contributed by atoms with Crippen molar-refractivity contribution in [3.8, 4) is 0 Å². The summed E-state index contributed by atoms with van der Waals surface area (Å²) in [5.74, 6) is 0.147. The van der Waals surface area contributed by atoms with E-state index in [1.165, 1.54) is 0 Å². The van der Waals surface area contributed by atoms with Crippen LogP contribution in [0.25, 0.3) is 0 Å². The number of hydrogen-bond acceptors (Lipinski definition) is 4. The zero-order chi connectivity index (χ0) is 13.0. The Kier molecular flexibility index (Phi) is 3.84. The van der Waals surface area contributed by atoms with Gasteiger partial charge in [0.15, 0.2) is 6.29 Å². The number of nitrogens with zero attached hydrogens (tertiary/aromatic N) is 1. The van der Waals surface area contributed by atoms with Crippen LogP contribution in [0.3, 0.4) is 0 Å². The van der Waals surface area contributed by atoms with Crippen LogP contribution in [0.15, 0.2) is 29.8 Å². The fraction of sp³-hybridized carbons (Fsp3) is 0.154. The minimum atomic E-state index is -0.164. The van der Waals surface area contributed by atoms with Gasteiger partial charge in [-0.1, -0.05) is 0 Å². The second kappa shape index (κ2) is 5.55. The number of hydrogen-bond donors (Lipinski definition) is 1. The molecule has 1 amide bonds. The van der Waals surface area contributed by atoms with E-state index < -0.39 is 0 Å². The van der Waals surface area contributed by atoms with Crippen molar-refractivity contribution in [1.29, 1.82) is 0 Å². The van der Waals surface area contributed by atoms with E-state index in [0.717, 1.165) is 10.4 Å². The van der Waals surface area contributed by atoms with Crippen LogP contribution in [-0.2, 0) is 11.2 Å². The van der Waals surface area contributed by atoms with Gasteiger partial charge in [0.05, 0.1) is 12.0 Å². The maximum absolute atomic E-state index is 11.8. The van der Waals surface area contributed by atoms with E-state index in [9.17, 15) is 9.59 Å². The Labute approximate surface area is 109 Å². The molecule has 0 aliphatic carbocycles. The van der Waals surface area contributed by atoms with Crippen molar-refractivity contribution in [3.05, 3.63) is 45.8 Å². The molecule has 0 aromatic carbocycles. The van der Waals surface area contributed by atoms with E-state index >= 15 is 0 Å². The second-order valence-electron chi connectivity index (χ2n) is 3.81. The Morgan fingerprint density at radius 2 is 2.33 bits per heavy atom. The smallest absolute Gasteiger partial charge is 0.230 e. The summed E-state index contributed by atoms with van der Waals surface area (Å²) in [7, 11) is 0. The highest BCUT2D eigenvalue weighted by Crippen LogP contribution is 2.17. The van der Waals surface area contributed by atoms with Gasteiger partial charge in [-0.15, -0.1) is 11.3 Å². The monoisotopic (exact) mass is 260 g/mol. The third-order valence-corrected chi connectivity index (χ3v) is 3.54. The van der Waals surface area contributed by atoms with E-state index in [0.29, 0.717) is 24.1 Å². The minimum absolute atomic E-state index is 0.164. The van der Waals surface area contributed by atoms with Crippen molar-refractivity contribution in [2.45, 2.75) is 13.3 Å². The zero-order valence-corrected chi connectivity index (χ0v) is 10.7. The molecule has 2 aromatic heterocycles. The summed E-state index contributed by atoms with van der Waals surface area (Å²) >= 11 is 1.55. The maximum atomic E-state index is 11.8. The minimum Gasteiger partial charge on any atom is -0.310 e. The predicted molar refractivity (Wildman–Crippen MR) is 71.0 cm³/mol. The number of amides is 1. The fourth-order valence-corrected chi connectivity index (χ4v) is 2.43. The van der Waals surface area contributed by atoms with Gasteiger partial charge in [-0.25, -0.2) is 4.98 Å². The predicted octanol–water partition coefficient (Wildman–Crippen LogP) is 2.45. The van der Waals surface area contributed by atoms with Crippen LogP contribution in [0.2, 0.25) is 0 Å². The number of carbonyl (C=O) groups is 2. The first-order valence-electron chi connectivity index (χ1n) is 5.43. The lowest BCUT2D eigenvalue weighted by molar-refractivity contribution is -0.115. The molecule has 18 heavy (non-hydrogen) atoms. The van der Waals surface area contributed by atoms with Crippen LogP contribution in [0.5, 0.6) is 0 Å². The van der Waals surface area contributed by atoms with E-state index in [-0.39, 0.29) is 5.91 Å². The number of anilines is 1. The molecule has 5 heteroatoms. The van der Waals surface area contributed by atoms with Crippen molar-refractivity contribution >= 4 is 29.3 Å². The van der Waals surface area contributed by atoms with E-state index in [1.54, 1.807) is 29.7 Å². The molecule has 0 saturated carbocycles.